The van der Waals surface area contributed by atoms with Crippen molar-refractivity contribution in [3.63, 3.8) is 0 Å². The van der Waals surface area contributed by atoms with Gasteiger partial charge in [-0.3, -0.25) is 0 Å². The molecule has 1 aromatic rings. The van der Waals surface area contributed by atoms with E-state index in [-0.39, 0.29) is 24.1 Å². The molecule has 1 aromatic heterocycles. The Kier molecular flexibility index (Phi) is 4.28. The summed E-state index contributed by atoms with van der Waals surface area (Å²) in [5.74, 6) is 0.277. The van der Waals surface area contributed by atoms with Crippen molar-refractivity contribution in [2.75, 3.05) is 18.1 Å². The Bertz CT molecular complexity index is 502. The summed E-state index contributed by atoms with van der Waals surface area (Å²) in [5.41, 5.74) is 1.03. The van der Waals surface area contributed by atoms with Crippen LogP contribution >= 0.6 is 0 Å². The number of carbonyl (C=O) groups is 1. The number of carboxylic acids is 1. The van der Waals surface area contributed by atoms with Crippen molar-refractivity contribution in [2.24, 2.45) is 5.92 Å². The van der Waals surface area contributed by atoms with Gasteiger partial charge in [-0.05, 0) is 30.4 Å². The monoisotopic (exact) mass is 278 g/mol. The Morgan fingerprint density at radius 1 is 1.50 bits per heavy atom. The SMILES string of the molecule is CC(C)c1cc(C(=O)O)cc(N2CCC(C)C2CO)n1. The Hall–Kier alpha value is -1.62. The lowest BCUT2D eigenvalue weighted by Crippen LogP contribution is -2.36. The van der Waals surface area contributed by atoms with E-state index in [1.165, 1.54) is 0 Å². The molecule has 1 aliphatic rings. The number of aromatic carboxylic acids is 1. The zero-order valence-corrected chi connectivity index (χ0v) is 12.2. The minimum atomic E-state index is -0.941. The summed E-state index contributed by atoms with van der Waals surface area (Å²) in [5, 5.41) is 18.8. The van der Waals surface area contributed by atoms with Gasteiger partial charge in [-0.25, -0.2) is 9.78 Å². The predicted molar refractivity (Wildman–Crippen MR) is 77.3 cm³/mol. The van der Waals surface area contributed by atoms with Crippen LogP contribution in [0.1, 0.15) is 49.2 Å². The van der Waals surface area contributed by atoms with Crippen molar-refractivity contribution in [3.8, 4) is 0 Å². The second-order valence-corrected chi connectivity index (χ2v) is 5.81. The molecule has 5 heteroatoms. The van der Waals surface area contributed by atoms with Gasteiger partial charge in [-0.15, -0.1) is 0 Å². The number of aliphatic hydroxyl groups is 1. The first kappa shape index (κ1) is 14.8. The standard InChI is InChI=1S/C15H22N2O3/c1-9(2)12-6-11(15(19)20)7-14(16-12)17-5-4-10(3)13(17)8-18/h6-7,9-10,13,18H,4-5,8H2,1-3H3,(H,19,20). The maximum absolute atomic E-state index is 11.3. The Balaban J connectivity index is 2.42. The lowest BCUT2D eigenvalue weighted by molar-refractivity contribution is 0.0696. The highest BCUT2D eigenvalue weighted by Gasteiger charge is 2.32. The summed E-state index contributed by atoms with van der Waals surface area (Å²) in [6, 6.07) is 3.25. The van der Waals surface area contributed by atoms with Crippen LogP contribution in [-0.4, -0.2) is 40.4 Å². The second-order valence-electron chi connectivity index (χ2n) is 5.81. The van der Waals surface area contributed by atoms with E-state index in [0.29, 0.717) is 11.7 Å². The molecule has 2 atom stereocenters. The molecule has 0 amide bonds. The van der Waals surface area contributed by atoms with Crippen molar-refractivity contribution < 1.29 is 15.0 Å². The van der Waals surface area contributed by atoms with Crippen LogP contribution in [-0.2, 0) is 0 Å². The molecule has 5 nitrogen and oxygen atoms in total. The molecule has 20 heavy (non-hydrogen) atoms. The van der Waals surface area contributed by atoms with Gasteiger partial charge in [-0.1, -0.05) is 20.8 Å². The highest BCUT2D eigenvalue weighted by molar-refractivity contribution is 5.88. The van der Waals surface area contributed by atoms with Crippen LogP contribution in [0.15, 0.2) is 12.1 Å². The molecule has 2 N–H and O–H groups in total. The Morgan fingerprint density at radius 3 is 2.75 bits per heavy atom. The quantitative estimate of drug-likeness (QED) is 0.882. The van der Waals surface area contributed by atoms with Gasteiger partial charge >= 0.3 is 5.97 Å². The third-order valence-corrected chi connectivity index (χ3v) is 4.03. The molecule has 1 fully saturated rings. The highest BCUT2D eigenvalue weighted by Crippen LogP contribution is 2.30. The van der Waals surface area contributed by atoms with Gasteiger partial charge in [0.1, 0.15) is 5.82 Å². The van der Waals surface area contributed by atoms with E-state index in [9.17, 15) is 15.0 Å². The molecular weight excluding hydrogens is 256 g/mol. The molecule has 2 unspecified atom stereocenters. The molecule has 0 saturated carbocycles. The number of anilines is 1. The number of carboxylic acid groups (broad SMARTS) is 1. The van der Waals surface area contributed by atoms with Crippen molar-refractivity contribution >= 4 is 11.8 Å². The fourth-order valence-electron chi connectivity index (χ4n) is 2.67. The number of aromatic nitrogens is 1. The van der Waals surface area contributed by atoms with Gasteiger partial charge in [0.25, 0.3) is 0 Å². The third-order valence-electron chi connectivity index (χ3n) is 4.03. The summed E-state index contributed by atoms with van der Waals surface area (Å²) < 4.78 is 0. The molecular formula is C15H22N2O3. The largest absolute Gasteiger partial charge is 0.478 e. The number of nitrogens with zero attached hydrogens (tertiary/aromatic N) is 2. The van der Waals surface area contributed by atoms with Crippen LogP contribution < -0.4 is 4.90 Å². The van der Waals surface area contributed by atoms with Crippen molar-refractivity contribution in [2.45, 2.75) is 39.2 Å². The molecule has 0 aliphatic carbocycles. The lowest BCUT2D eigenvalue weighted by atomic mass is 10.0. The molecule has 2 rings (SSSR count). The number of rotatable bonds is 4. The molecule has 110 valence electrons. The topological polar surface area (TPSA) is 73.7 Å². The maximum atomic E-state index is 11.3. The summed E-state index contributed by atoms with van der Waals surface area (Å²) in [4.78, 5) is 17.9. The van der Waals surface area contributed by atoms with E-state index in [0.717, 1.165) is 18.7 Å². The number of aliphatic hydroxyl groups excluding tert-OH is 1. The predicted octanol–water partition coefficient (Wildman–Crippen LogP) is 2.11. The summed E-state index contributed by atoms with van der Waals surface area (Å²) in [6.45, 7) is 6.96. The van der Waals surface area contributed by atoms with Crippen molar-refractivity contribution in [1.82, 2.24) is 4.98 Å². The van der Waals surface area contributed by atoms with Gasteiger partial charge in [0.2, 0.25) is 0 Å². The fourth-order valence-corrected chi connectivity index (χ4v) is 2.67. The van der Waals surface area contributed by atoms with E-state index >= 15 is 0 Å². The van der Waals surface area contributed by atoms with Gasteiger partial charge in [0.15, 0.2) is 0 Å². The highest BCUT2D eigenvalue weighted by atomic mass is 16.4. The van der Waals surface area contributed by atoms with E-state index < -0.39 is 5.97 Å². The van der Waals surface area contributed by atoms with E-state index in [4.69, 9.17) is 0 Å². The van der Waals surface area contributed by atoms with Crippen LogP contribution in [0, 0.1) is 5.92 Å². The third kappa shape index (κ3) is 2.77. The van der Waals surface area contributed by atoms with E-state index in [2.05, 4.69) is 11.9 Å². The van der Waals surface area contributed by atoms with Crippen LogP contribution in [0.3, 0.4) is 0 Å². The van der Waals surface area contributed by atoms with Gasteiger partial charge < -0.3 is 15.1 Å². The van der Waals surface area contributed by atoms with Crippen LogP contribution in [0.4, 0.5) is 5.82 Å². The van der Waals surface area contributed by atoms with Gasteiger partial charge in [0.05, 0.1) is 18.2 Å². The Morgan fingerprint density at radius 2 is 2.20 bits per heavy atom. The molecule has 0 aromatic carbocycles. The normalized spacial score (nSPS) is 22.6. The Labute approximate surface area is 119 Å². The minimum Gasteiger partial charge on any atom is -0.478 e. The van der Waals surface area contributed by atoms with Crippen LogP contribution in [0.5, 0.6) is 0 Å². The van der Waals surface area contributed by atoms with E-state index in [1.54, 1.807) is 12.1 Å². The van der Waals surface area contributed by atoms with Crippen molar-refractivity contribution in [1.29, 1.82) is 0 Å². The molecule has 0 spiro atoms. The molecule has 0 radical (unpaired) electrons. The number of hydrogen-bond donors (Lipinski definition) is 2. The van der Waals surface area contributed by atoms with Crippen LogP contribution in [0.25, 0.3) is 0 Å². The zero-order valence-electron chi connectivity index (χ0n) is 12.2. The molecule has 1 saturated heterocycles. The van der Waals surface area contributed by atoms with E-state index in [1.807, 2.05) is 18.7 Å². The average Bonchev–Trinajstić information content (AvgIpc) is 2.79. The smallest absolute Gasteiger partial charge is 0.335 e. The summed E-state index contributed by atoms with van der Waals surface area (Å²) in [6.07, 6.45) is 0.987. The first-order valence-corrected chi connectivity index (χ1v) is 7.06. The average molecular weight is 278 g/mol. The minimum absolute atomic E-state index is 0.0200. The maximum Gasteiger partial charge on any atom is 0.335 e. The zero-order chi connectivity index (χ0) is 14.9. The molecule has 0 bridgehead atoms. The number of hydrogen-bond acceptors (Lipinski definition) is 4. The molecule has 1 aliphatic heterocycles. The van der Waals surface area contributed by atoms with Gasteiger partial charge in [0, 0.05) is 12.2 Å². The van der Waals surface area contributed by atoms with Crippen LogP contribution in [0.2, 0.25) is 0 Å². The van der Waals surface area contributed by atoms with Crippen molar-refractivity contribution in [3.05, 3.63) is 23.4 Å². The summed E-state index contributed by atoms with van der Waals surface area (Å²) >= 11 is 0. The number of pyridine rings is 1. The van der Waals surface area contributed by atoms with Gasteiger partial charge in [-0.2, -0.15) is 0 Å². The summed E-state index contributed by atoms with van der Waals surface area (Å²) in [7, 11) is 0. The lowest BCUT2D eigenvalue weighted by Gasteiger charge is -2.27. The first-order valence-electron chi connectivity index (χ1n) is 7.06. The first-order chi connectivity index (χ1) is 9.43. The second kappa shape index (κ2) is 5.79. The fraction of sp³-hybridized carbons (Fsp3) is 0.600. The molecule has 2 heterocycles.